The summed E-state index contributed by atoms with van der Waals surface area (Å²) in [6.07, 6.45) is 2.08. The van der Waals surface area contributed by atoms with Gasteiger partial charge in [0.05, 0.1) is 39.7 Å². The lowest BCUT2D eigenvalue weighted by Crippen LogP contribution is -2.32. The van der Waals surface area contributed by atoms with E-state index in [1.165, 1.54) is 21.3 Å². The van der Waals surface area contributed by atoms with Gasteiger partial charge in [-0.15, -0.1) is 10.2 Å². The molecule has 1 fully saturated rings. The molecule has 1 unspecified atom stereocenters. The molecule has 1 aromatic heterocycles. The minimum absolute atomic E-state index is 0.0221. The summed E-state index contributed by atoms with van der Waals surface area (Å²) in [4.78, 5) is 24.5. The Morgan fingerprint density at radius 1 is 1.12 bits per heavy atom. The third kappa shape index (κ3) is 6.26. The van der Waals surface area contributed by atoms with Crippen molar-refractivity contribution in [3.8, 4) is 17.2 Å². The normalized spacial score (nSPS) is 15.3. The predicted molar refractivity (Wildman–Crippen MR) is 114 cm³/mol. The van der Waals surface area contributed by atoms with Crippen molar-refractivity contribution in [1.29, 1.82) is 0 Å². The van der Waals surface area contributed by atoms with Crippen LogP contribution in [0.1, 0.15) is 29.1 Å². The molecule has 0 radical (unpaired) electrons. The van der Waals surface area contributed by atoms with Crippen LogP contribution in [-0.2, 0) is 16.1 Å². The van der Waals surface area contributed by atoms with Crippen molar-refractivity contribution in [3.63, 3.8) is 0 Å². The van der Waals surface area contributed by atoms with Gasteiger partial charge in [0.25, 0.3) is 11.1 Å². The fourth-order valence-corrected chi connectivity index (χ4v) is 3.66. The van der Waals surface area contributed by atoms with E-state index < -0.39 is 0 Å². The molecule has 12 heteroatoms. The SMILES string of the molecule is COc1cc(C(=O)NCc2nnc(SCC(=O)NCC3CCCO3)o2)cc(OC)c1OC. The maximum atomic E-state index is 12.5. The van der Waals surface area contributed by atoms with Crippen LogP contribution in [-0.4, -0.2) is 68.3 Å². The number of nitrogens with zero attached hydrogens (tertiary/aromatic N) is 2. The molecule has 0 bridgehead atoms. The summed E-state index contributed by atoms with van der Waals surface area (Å²) < 4.78 is 26.7. The molecule has 0 aliphatic carbocycles. The minimum Gasteiger partial charge on any atom is -0.493 e. The van der Waals surface area contributed by atoms with Gasteiger partial charge < -0.3 is 34.0 Å². The molecule has 1 aliphatic heterocycles. The molecule has 2 heterocycles. The number of carbonyl (C=O) groups is 2. The highest BCUT2D eigenvalue weighted by Crippen LogP contribution is 2.38. The second-order valence-corrected chi connectivity index (χ2v) is 7.71. The van der Waals surface area contributed by atoms with Gasteiger partial charge >= 0.3 is 0 Å². The summed E-state index contributed by atoms with van der Waals surface area (Å²) in [6.45, 7) is 1.27. The molecule has 2 amide bonds. The Labute approximate surface area is 189 Å². The Balaban J connectivity index is 1.48. The zero-order valence-electron chi connectivity index (χ0n) is 18.1. The molecule has 1 aromatic carbocycles. The number of methoxy groups -OCH3 is 3. The molecule has 1 atom stereocenters. The van der Waals surface area contributed by atoms with E-state index in [4.69, 9.17) is 23.4 Å². The number of hydrogen-bond donors (Lipinski definition) is 2. The zero-order valence-corrected chi connectivity index (χ0v) is 19.0. The van der Waals surface area contributed by atoms with Crippen LogP contribution in [0, 0.1) is 0 Å². The molecule has 32 heavy (non-hydrogen) atoms. The predicted octanol–water partition coefficient (Wildman–Crippen LogP) is 1.41. The molecule has 2 N–H and O–H groups in total. The van der Waals surface area contributed by atoms with Gasteiger partial charge in [-0.25, -0.2) is 0 Å². The zero-order chi connectivity index (χ0) is 22.9. The summed E-state index contributed by atoms with van der Waals surface area (Å²) in [5, 5.41) is 13.5. The summed E-state index contributed by atoms with van der Waals surface area (Å²) in [5.74, 6) is 0.966. The van der Waals surface area contributed by atoms with Crippen LogP contribution >= 0.6 is 11.8 Å². The molecule has 11 nitrogen and oxygen atoms in total. The van der Waals surface area contributed by atoms with E-state index >= 15 is 0 Å². The Morgan fingerprint density at radius 3 is 2.50 bits per heavy atom. The van der Waals surface area contributed by atoms with Crippen molar-refractivity contribution < 1.29 is 33.0 Å². The first-order chi connectivity index (χ1) is 15.5. The highest BCUT2D eigenvalue weighted by molar-refractivity contribution is 7.99. The van der Waals surface area contributed by atoms with Crippen LogP contribution in [0.4, 0.5) is 0 Å². The first kappa shape index (κ1) is 23.7. The van der Waals surface area contributed by atoms with Crippen molar-refractivity contribution in [2.45, 2.75) is 30.7 Å². The van der Waals surface area contributed by atoms with Crippen LogP contribution in [0.25, 0.3) is 0 Å². The number of hydrogen-bond acceptors (Lipinski definition) is 10. The Morgan fingerprint density at radius 2 is 1.88 bits per heavy atom. The maximum Gasteiger partial charge on any atom is 0.277 e. The number of carbonyl (C=O) groups excluding carboxylic acids is 2. The molecule has 1 saturated heterocycles. The molecule has 0 spiro atoms. The summed E-state index contributed by atoms with van der Waals surface area (Å²) in [5.41, 5.74) is 0.316. The van der Waals surface area contributed by atoms with Gasteiger partial charge in [0.2, 0.25) is 17.5 Å². The largest absolute Gasteiger partial charge is 0.493 e. The number of thioether (sulfide) groups is 1. The number of ether oxygens (including phenoxy) is 4. The van der Waals surface area contributed by atoms with Crippen molar-refractivity contribution in [2.75, 3.05) is 40.2 Å². The average molecular weight is 467 g/mol. The second-order valence-electron chi connectivity index (χ2n) is 6.79. The number of rotatable bonds is 11. The second kappa shape index (κ2) is 11.6. The van der Waals surface area contributed by atoms with Gasteiger partial charge in [-0.2, -0.15) is 0 Å². The smallest absolute Gasteiger partial charge is 0.277 e. The lowest BCUT2D eigenvalue weighted by molar-refractivity contribution is -0.119. The van der Waals surface area contributed by atoms with Gasteiger partial charge in [0.1, 0.15) is 0 Å². The number of amides is 2. The monoisotopic (exact) mass is 466 g/mol. The molecule has 174 valence electrons. The average Bonchev–Trinajstić information content (AvgIpc) is 3.50. The highest BCUT2D eigenvalue weighted by Gasteiger charge is 2.19. The topological polar surface area (TPSA) is 134 Å². The lowest BCUT2D eigenvalue weighted by Gasteiger charge is -2.13. The van der Waals surface area contributed by atoms with E-state index in [2.05, 4.69) is 20.8 Å². The van der Waals surface area contributed by atoms with E-state index in [1.807, 2.05) is 0 Å². The lowest BCUT2D eigenvalue weighted by atomic mass is 10.1. The van der Waals surface area contributed by atoms with Crippen LogP contribution in [0.5, 0.6) is 17.2 Å². The van der Waals surface area contributed by atoms with Gasteiger partial charge in [-0.3, -0.25) is 9.59 Å². The van der Waals surface area contributed by atoms with E-state index in [0.29, 0.717) is 29.4 Å². The Hall–Kier alpha value is -2.99. The molecular weight excluding hydrogens is 440 g/mol. The quantitative estimate of drug-likeness (QED) is 0.468. The van der Waals surface area contributed by atoms with Gasteiger partial charge in [-0.1, -0.05) is 11.8 Å². The van der Waals surface area contributed by atoms with Crippen molar-refractivity contribution in [2.24, 2.45) is 0 Å². The first-order valence-corrected chi connectivity index (χ1v) is 10.9. The van der Waals surface area contributed by atoms with Crippen LogP contribution in [0.15, 0.2) is 21.8 Å². The number of nitrogens with one attached hydrogen (secondary N) is 2. The van der Waals surface area contributed by atoms with Gasteiger partial charge in [0, 0.05) is 18.7 Å². The van der Waals surface area contributed by atoms with E-state index in [9.17, 15) is 9.59 Å². The van der Waals surface area contributed by atoms with Crippen LogP contribution < -0.4 is 24.8 Å². The molecule has 1 aliphatic rings. The third-order valence-electron chi connectivity index (χ3n) is 4.65. The molecule has 3 rings (SSSR count). The maximum absolute atomic E-state index is 12.5. The molecular formula is C20H26N4O7S. The van der Waals surface area contributed by atoms with E-state index in [1.54, 1.807) is 12.1 Å². The van der Waals surface area contributed by atoms with Crippen molar-refractivity contribution in [1.82, 2.24) is 20.8 Å². The highest BCUT2D eigenvalue weighted by atomic mass is 32.2. The van der Waals surface area contributed by atoms with Crippen molar-refractivity contribution >= 4 is 23.6 Å². The Kier molecular flexibility index (Phi) is 8.56. The number of aromatic nitrogens is 2. The Bertz CT molecular complexity index is 905. The fourth-order valence-electron chi connectivity index (χ4n) is 3.05. The summed E-state index contributed by atoms with van der Waals surface area (Å²) in [7, 11) is 4.43. The fraction of sp³-hybridized carbons (Fsp3) is 0.500. The van der Waals surface area contributed by atoms with Gasteiger partial charge in [0.15, 0.2) is 11.5 Å². The number of benzene rings is 1. The molecule has 2 aromatic rings. The standard InChI is InChI=1S/C20H26N4O7S/c1-27-14-7-12(8-15(28-2)18(14)29-3)19(26)22-10-17-23-24-20(31-17)32-11-16(25)21-9-13-5-4-6-30-13/h7-8,13H,4-6,9-11H2,1-3H3,(H,21,25)(H,22,26). The summed E-state index contributed by atoms with van der Waals surface area (Å²) >= 11 is 1.12. The minimum atomic E-state index is -0.384. The van der Waals surface area contributed by atoms with Crippen LogP contribution in [0.2, 0.25) is 0 Å². The molecule has 0 saturated carbocycles. The first-order valence-electron chi connectivity index (χ1n) is 9.95. The third-order valence-corrected chi connectivity index (χ3v) is 5.47. The van der Waals surface area contributed by atoms with E-state index in [0.717, 1.165) is 31.2 Å². The van der Waals surface area contributed by atoms with Gasteiger partial charge in [-0.05, 0) is 25.0 Å². The van der Waals surface area contributed by atoms with Crippen LogP contribution in [0.3, 0.4) is 0 Å². The van der Waals surface area contributed by atoms with Crippen molar-refractivity contribution in [3.05, 3.63) is 23.6 Å². The van der Waals surface area contributed by atoms with E-state index in [-0.39, 0.29) is 41.3 Å². The summed E-state index contributed by atoms with van der Waals surface area (Å²) in [6, 6.07) is 3.09.